The summed E-state index contributed by atoms with van der Waals surface area (Å²) >= 11 is 0. The molecule has 0 heterocycles. The lowest BCUT2D eigenvalue weighted by molar-refractivity contribution is 0.165. The van der Waals surface area contributed by atoms with Crippen molar-refractivity contribution in [1.29, 1.82) is 0 Å². The SMILES string of the molecule is CCCNC(CCN(CCO)C1CC1)C(C)(C)C. The first-order valence-corrected chi connectivity index (χ1v) is 7.57. The fourth-order valence-corrected chi connectivity index (χ4v) is 2.50. The van der Waals surface area contributed by atoms with Crippen molar-refractivity contribution < 1.29 is 5.11 Å². The highest BCUT2D eigenvalue weighted by atomic mass is 16.3. The Balaban J connectivity index is 2.38. The highest BCUT2D eigenvalue weighted by molar-refractivity contribution is 4.87. The Morgan fingerprint density at radius 2 is 1.94 bits per heavy atom. The molecule has 1 saturated carbocycles. The summed E-state index contributed by atoms with van der Waals surface area (Å²) in [4.78, 5) is 2.46. The Kier molecular flexibility index (Phi) is 6.61. The van der Waals surface area contributed by atoms with Gasteiger partial charge in [0.1, 0.15) is 0 Å². The van der Waals surface area contributed by atoms with E-state index in [1.807, 2.05) is 0 Å². The van der Waals surface area contributed by atoms with Crippen molar-refractivity contribution in [3.05, 3.63) is 0 Å². The van der Waals surface area contributed by atoms with Gasteiger partial charge in [0, 0.05) is 25.2 Å². The van der Waals surface area contributed by atoms with Gasteiger partial charge in [-0.15, -0.1) is 0 Å². The van der Waals surface area contributed by atoms with Crippen LogP contribution in [0.5, 0.6) is 0 Å². The van der Waals surface area contributed by atoms with Crippen LogP contribution in [0.1, 0.15) is 53.4 Å². The second-order valence-corrected chi connectivity index (χ2v) is 6.65. The van der Waals surface area contributed by atoms with Crippen LogP contribution in [0.15, 0.2) is 0 Å². The lowest BCUT2D eigenvalue weighted by Gasteiger charge is -2.34. The first kappa shape index (κ1) is 15.9. The van der Waals surface area contributed by atoms with Crippen molar-refractivity contribution in [2.24, 2.45) is 5.41 Å². The van der Waals surface area contributed by atoms with E-state index in [9.17, 15) is 0 Å². The van der Waals surface area contributed by atoms with E-state index in [1.54, 1.807) is 0 Å². The average molecular weight is 256 g/mol. The van der Waals surface area contributed by atoms with Crippen molar-refractivity contribution >= 4 is 0 Å². The maximum Gasteiger partial charge on any atom is 0.0558 e. The van der Waals surface area contributed by atoms with Gasteiger partial charge in [0.2, 0.25) is 0 Å². The molecule has 1 unspecified atom stereocenters. The van der Waals surface area contributed by atoms with E-state index < -0.39 is 0 Å². The molecule has 0 bridgehead atoms. The molecule has 108 valence electrons. The van der Waals surface area contributed by atoms with Gasteiger partial charge in [-0.05, 0) is 37.6 Å². The second kappa shape index (κ2) is 7.46. The molecule has 3 nitrogen and oxygen atoms in total. The number of nitrogens with zero attached hydrogens (tertiary/aromatic N) is 1. The minimum absolute atomic E-state index is 0.291. The monoisotopic (exact) mass is 256 g/mol. The van der Waals surface area contributed by atoms with E-state index in [0.717, 1.165) is 25.7 Å². The lowest BCUT2D eigenvalue weighted by Crippen LogP contribution is -2.43. The third-order valence-electron chi connectivity index (χ3n) is 3.84. The summed E-state index contributed by atoms with van der Waals surface area (Å²) in [5, 5.41) is 12.8. The van der Waals surface area contributed by atoms with E-state index in [0.29, 0.717) is 18.1 Å². The summed E-state index contributed by atoms with van der Waals surface area (Å²) in [5.41, 5.74) is 0.309. The molecule has 1 atom stereocenters. The molecule has 0 amide bonds. The Morgan fingerprint density at radius 1 is 1.28 bits per heavy atom. The standard InChI is InChI=1S/C15H32N2O/c1-5-9-16-14(15(2,3)4)8-10-17(11-12-18)13-6-7-13/h13-14,16,18H,5-12H2,1-4H3. The van der Waals surface area contributed by atoms with Crippen molar-refractivity contribution in [3.63, 3.8) is 0 Å². The summed E-state index contributed by atoms with van der Waals surface area (Å²) in [6.07, 6.45) is 5.01. The molecular formula is C15H32N2O. The Labute approximate surface area is 113 Å². The molecule has 1 fully saturated rings. The van der Waals surface area contributed by atoms with Gasteiger partial charge in [-0.3, -0.25) is 4.90 Å². The van der Waals surface area contributed by atoms with Crippen molar-refractivity contribution in [2.45, 2.75) is 65.5 Å². The van der Waals surface area contributed by atoms with Gasteiger partial charge in [0.25, 0.3) is 0 Å². The van der Waals surface area contributed by atoms with Gasteiger partial charge in [-0.1, -0.05) is 27.7 Å². The largest absolute Gasteiger partial charge is 0.395 e. The van der Waals surface area contributed by atoms with Crippen LogP contribution < -0.4 is 5.32 Å². The van der Waals surface area contributed by atoms with E-state index in [4.69, 9.17) is 5.11 Å². The third kappa shape index (κ3) is 5.68. The average Bonchev–Trinajstić information content (AvgIpc) is 3.09. The molecule has 0 aromatic rings. The fraction of sp³-hybridized carbons (Fsp3) is 1.00. The highest BCUT2D eigenvalue weighted by Crippen LogP contribution is 2.28. The first-order valence-electron chi connectivity index (χ1n) is 7.57. The molecule has 0 saturated heterocycles. The smallest absolute Gasteiger partial charge is 0.0558 e. The third-order valence-corrected chi connectivity index (χ3v) is 3.84. The van der Waals surface area contributed by atoms with Crippen LogP contribution in [-0.2, 0) is 0 Å². The molecule has 2 N–H and O–H groups in total. The van der Waals surface area contributed by atoms with Crippen LogP contribution >= 0.6 is 0 Å². The zero-order valence-corrected chi connectivity index (χ0v) is 12.7. The van der Waals surface area contributed by atoms with E-state index in [-0.39, 0.29) is 0 Å². The molecule has 1 rings (SSSR count). The molecule has 0 radical (unpaired) electrons. The zero-order chi connectivity index (χ0) is 13.6. The summed E-state index contributed by atoms with van der Waals surface area (Å²) in [6, 6.07) is 1.32. The highest BCUT2D eigenvalue weighted by Gasteiger charge is 2.30. The molecule has 0 aromatic heterocycles. The Bertz CT molecular complexity index is 221. The number of rotatable bonds is 9. The summed E-state index contributed by atoms with van der Waals surface area (Å²) in [6.45, 7) is 12.5. The van der Waals surface area contributed by atoms with Crippen LogP contribution in [0.25, 0.3) is 0 Å². The fourth-order valence-electron chi connectivity index (χ4n) is 2.50. The first-order chi connectivity index (χ1) is 8.49. The van der Waals surface area contributed by atoms with Crippen LogP contribution in [0, 0.1) is 5.41 Å². The van der Waals surface area contributed by atoms with Gasteiger partial charge < -0.3 is 10.4 Å². The van der Waals surface area contributed by atoms with Gasteiger partial charge in [-0.25, -0.2) is 0 Å². The van der Waals surface area contributed by atoms with Crippen molar-refractivity contribution in [1.82, 2.24) is 10.2 Å². The maximum atomic E-state index is 9.12. The zero-order valence-electron chi connectivity index (χ0n) is 12.7. The molecule has 18 heavy (non-hydrogen) atoms. The number of hydrogen-bond acceptors (Lipinski definition) is 3. The van der Waals surface area contributed by atoms with Crippen LogP contribution in [-0.4, -0.2) is 48.3 Å². The lowest BCUT2D eigenvalue weighted by atomic mass is 9.84. The predicted molar refractivity (Wildman–Crippen MR) is 77.8 cm³/mol. The predicted octanol–water partition coefficient (Wildman–Crippen LogP) is 2.25. The minimum atomic E-state index is 0.291. The van der Waals surface area contributed by atoms with E-state index >= 15 is 0 Å². The summed E-state index contributed by atoms with van der Waals surface area (Å²) in [5.74, 6) is 0. The molecule has 0 spiro atoms. The van der Waals surface area contributed by atoms with Crippen LogP contribution in [0.4, 0.5) is 0 Å². The van der Waals surface area contributed by atoms with Crippen molar-refractivity contribution in [3.8, 4) is 0 Å². The molecule has 0 aromatic carbocycles. The topological polar surface area (TPSA) is 35.5 Å². The summed E-state index contributed by atoms with van der Waals surface area (Å²) < 4.78 is 0. The Morgan fingerprint density at radius 3 is 2.39 bits per heavy atom. The summed E-state index contributed by atoms with van der Waals surface area (Å²) in [7, 11) is 0. The molecule has 0 aliphatic heterocycles. The van der Waals surface area contributed by atoms with Crippen LogP contribution in [0.3, 0.4) is 0 Å². The number of aliphatic hydroxyl groups is 1. The van der Waals surface area contributed by atoms with E-state index in [2.05, 4.69) is 37.9 Å². The second-order valence-electron chi connectivity index (χ2n) is 6.65. The van der Waals surface area contributed by atoms with Crippen LogP contribution in [0.2, 0.25) is 0 Å². The molecule has 1 aliphatic rings. The molecular weight excluding hydrogens is 224 g/mol. The number of hydrogen-bond donors (Lipinski definition) is 2. The van der Waals surface area contributed by atoms with Gasteiger partial charge in [-0.2, -0.15) is 0 Å². The number of nitrogens with one attached hydrogen (secondary N) is 1. The molecule has 3 heteroatoms. The minimum Gasteiger partial charge on any atom is -0.395 e. The van der Waals surface area contributed by atoms with Gasteiger partial charge >= 0.3 is 0 Å². The maximum absolute atomic E-state index is 9.12. The van der Waals surface area contributed by atoms with Gasteiger partial charge in [0.05, 0.1) is 6.61 Å². The Hall–Kier alpha value is -0.120. The quantitative estimate of drug-likeness (QED) is 0.664. The van der Waals surface area contributed by atoms with Crippen molar-refractivity contribution in [2.75, 3.05) is 26.2 Å². The van der Waals surface area contributed by atoms with Gasteiger partial charge in [0.15, 0.2) is 0 Å². The molecule has 1 aliphatic carbocycles. The number of aliphatic hydroxyl groups excluding tert-OH is 1. The normalized spacial score (nSPS) is 18.3. The van der Waals surface area contributed by atoms with E-state index in [1.165, 1.54) is 25.7 Å².